The summed E-state index contributed by atoms with van der Waals surface area (Å²) >= 11 is 0. The van der Waals surface area contributed by atoms with E-state index in [2.05, 4.69) is 15.7 Å². The van der Waals surface area contributed by atoms with Crippen molar-refractivity contribution >= 4 is 5.91 Å². The highest BCUT2D eigenvalue weighted by Crippen LogP contribution is 2.22. The second kappa shape index (κ2) is 5.71. The molecule has 2 heterocycles. The number of hydrogen-bond donors (Lipinski definition) is 2. The number of carbonyl (C=O) groups is 1. The normalized spacial score (nSPS) is 22.2. The number of H-pyrrole nitrogens is 1. The van der Waals surface area contributed by atoms with Crippen LogP contribution in [0.5, 0.6) is 0 Å². The van der Waals surface area contributed by atoms with Crippen molar-refractivity contribution in [3.63, 3.8) is 0 Å². The maximum atomic E-state index is 11.8. The predicted molar refractivity (Wildman–Crippen MR) is 67.4 cm³/mol. The summed E-state index contributed by atoms with van der Waals surface area (Å²) in [7, 11) is 0. The Morgan fingerprint density at radius 2 is 2.37 bits per heavy atom. The summed E-state index contributed by atoms with van der Waals surface area (Å²) in [5.74, 6) is -0.147. The molecule has 1 atom stereocenters. The Balaban J connectivity index is 1.52. The first-order valence-corrected chi connectivity index (χ1v) is 6.90. The van der Waals surface area contributed by atoms with Crippen molar-refractivity contribution in [2.24, 2.45) is 0 Å². The lowest BCUT2D eigenvalue weighted by Crippen LogP contribution is -2.31. The van der Waals surface area contributed by atoms with Gasteiger partial charge in [0.2, 0.25) is 5.91 Å². The van der Waals surface area contributed by atoms with E-state index in [0.29, 0.717) is 13.2 Å². The molecule has 6 heteroatoms. The lowest BCUT2D eigenvalue weighted by atomic mass is 9.95. The molecule has 2 aliphatic rings. The molecule has 1 fully saturated rings. The third kappa shape index (κ3) is 2.96. The molecule has 1 saturated heterocycles. The maximum absolute atomic E-state index is 11.8. The first-order chi connectivity index (χ1) is 9.33. The summed E-state index contributed by atoms with van der Waals surface area (Å²) in [6.07, 6.45) is 5.53. The van der Waals surface area contributed by atoms with Gasteiger partial charge in [-0.3, -0.25) is 14.7 Å². The Morgan fingerprint density at radius 1 is 1.47 bits per heavy atom. The van der Waals surface area contributed by atoms with E-state index in [0.717, 1.165) is 25.0 Å². The van der Waals surface area contributed by atoms with Gasteiger partial charge >= 0.3 is 0 Å². The average Bonchev–Trinajstić information content (AvgIpc) is 3.07. The fraction of sp³-hybridized carbons (Fsp3) is 0.692. The van der Waals surface area contributed by atoms with E-state index in [1.165, 1.54) is 24.1 Å². The summed E-state index contributed by atoms with van der Waals surface area (Å²) in [5.41, 5.74) is 5.78. The first-order valence-electron chi connectivity index (χ1n) is 6.90. The van der Waals surface area contributed by atoms with E-state index in [9.17, 15) is 4.79 Å². The number of hydroxylamine groups is 1. The smallest absolute Gasteiger partial charge is 0.249 e. The molecule has 1 aliphatic carbocycles. The van der Waals surface area contributed by atoms with Crippen molar-refractivity contribution in [3.8, 4) is 0 Å². The molecule has 104 valence electrons. The minimum Gasteiger partial charge on any atom is -0.379 e. The lowest BCUT2D eigenvalue weighted by molar-refractivity contribution is -0.137. The third-order valence-corrected chi connectivity index (χ3v) is 3.70. The first kappa shape index (κ1) is 12.6. The minimum atomic E-state index is -0.147. The molecule has 6 nitrogen and oxygen atoms in total. The highest BCUT2D eigenvalue weighted by Gasteiger charge is 2.20. The summed E-state index contributed by atoms with van der Waals surface area (Å²) in [5, 5.41) is 7.29. The fourth-order valence-corrected chi connectivity index (χ4v) is 2.64. The Kier molecular flexibility index (Phi) is 3.79. The molecule has 2 N–H and O–H groups in total. The zero-order valence-electron chi connectivity index (χ0n) is 10.9. The number of amides is 1. The monoisotopic (exact) mass is 265 g/mol. The van der Waals surface area contributed by atoms with Crippen LogP contribution >= 0.6 is 0 Å². The molecule has 1 amide bonds. The number of aryl methyl sites for hydroxylation is 1. The third-order valence-electron chi connectivity index (χ3n) is 3.70. The van der Waals surface area contributed by atoms with E-state index in [1.807, 2.05) is 0 Å². The molecule has 0 spiro atoms. The van der Waals surface area contributed by atoms with Crippen LogP contribution in [0.1, 0.15) is 36.2 Å². The topological polar surface area (TPSA) is 76.2 Å². The molecule has 0 saturated carbocycles. The zero-order valence-corrected chi connectivity index (χ0v) is 10.9. The summed E-state index contributed by atoms with van der Waals surface area (Å²) < 4.78 is 5.18. The number of nitrogens with zero attached hydrogens (tertiary/aromatic N) is 1. The van der Waals surface area contributed by atoms with Gasteiger partial charge in [-0.2, -0.15) is 5.10 Å². The number of rotatable bonds is 4. The van der Waals surface area contributed by atoms with E-state index in [-0.39, 0.29) is 18.4 Å². The van der Waals surface area contributed by atoms with Crippen LogP contribution in [0.2, 0.25) is 0 Å². The quantitative estimate of drug-likeness (QED) is 0.784. The van der Waals surface area contributed by atoms with E-state index in [1.54, 1.807) is 0 Å². The fourth-order valence-electron chi connectivity index (χ4n) is 2.64. The van der Waals surface area contributed by atoms with Crippen molar-refractivity contribution < 1.29 is 14.4 Å². The van der Waals surface area contributed by atoms with Crippen molar-refractivity contribution in [1.29, 1.82) is 0 Å². The molecule has 1 aromatic heterocycles. The predicted octanol–water partition coefficient (Wildman–Crippen LogP) is 0.668. The van der Waals surface area contributed by atoms with Crippen molar-refractivity contribution in [1.82, 2.24) is 15.7 Å². The van der Waals surface area contributed by atoms with Crippen molar-refractivity contribution in [2.75, 3.05) is 13.2 Å². The standard InChI is InChI=1S/C13H19N3O3/c17-13(16-19-9-5-6-18-8-9)7-12-10-3-1-2-4-11(10)14-15-12/h9H,1-8H2,(H,14,15)(H,16,17). The van der Waals surface area contributed by atoms with Gasteiger partial charge in [-0.15, -0.1) is 0 Å². The van der Waals surface area contributed by atoms with Gasteiger partial charge in [0, 0.05) is 18.7 Å². The van der Waals surface area contributed by atoms with Gasteiger partial charge < -0.3 is 4.74 Å². The number of carbonyl (C=O) groups excluding carboxylic acids is 1. The van der Waals surface area contributed by atoms with Crippen LogP contribution in [0.25, 0.3) is 0 Å². The van der Waals surface area contributed by atoms with Gasteiger partial charge in [0.05, 0.1) is 18.7 Å². The molecule has 19 heavy (non-hydrogen) atoms. The number of hydrogen-bond acceptors (Lipinski definition) is 4. The van der Waals surface area contributed by atoms with Crippen LogP contribution < -0.4 is 5.48 Å². The van der Waals surface area contributed by atoms with Crippen molar-refractivity contribution in [3.05, 3.63) is 17.0 Å². The molecular formula is C13H19N3O3. The Morgan fingerprint density at radius 3 is 3.21 bits per heavy atom. The van der Waals surface area contributed by atoms with Gasteiger partial charge in [0.1, 0.15) is 6.10 Å². The minimum absolute atomic E-state index is 0.0166. The number of fused-ring (bicyclic) bond motifs is 1. The molecule has 1 aromatic rings. The Labute approximate surface area is 111 Å². The summed E-state index contributed by atoms with van der Waals surface area (Å²) in [6.45, 7) is 1.26. The lowest BCUT2D eigenvalue weighted by Gasteiger charge is -2.12. The van der Waals surface area contributed by atoms with Crippen LogP contribution in [0.3, 0.4) is 0 Å². The van der Waals surface area contributed by atoms with Gasteiger partial charge in [0.25, 0.3) is 0 Å². The van der Waals surface area contributed by atoms with E-state index < -0.39 is 0 Å². The number of aromatic amines is 1. The summed E-state index contributed by atoms with van der Waals surface area (Å²) in [4.78, 5) is 17.1. The Bertz CT molecular complexity index is 452. The van der Waals surface area contributed by atoms with Crippen LogP contribution in [0, 0.1) is 0 Å². The maximum Gasteiger partial charge on any atom is 0.249 e. The Hall–Kier alpha value is -1.40. The van der Waals surface area contributed by atoms with Gasteiger partial charge in [0.15, 0.2) is 0 Å². The van der Waals surface area contributed by atoms with Gasteiger partial charge in [-0.25, -0.2) is 5.48 Å². The second-order valence-electron chi connectivity index (χ2n) is 5.14. The average molecular weight is 265 g/mol. The van der Waals surface area contributed by atoms with Crippen LogP contribution in [0.15, 0.2) is 0 Å². The molecular weight excluding hydrogens is 246 g/mol. The molecule has 0 bridgehead atoms. The molecule has 0 aromatic carbocycles. The van der Waals surface area contributed by atoms with Gasteiger partial charge in [-0.1, -0.05) is 0 Å². The number of ether oxygens (including phenoxy) is 1. The van der Waals surface area contributed by atoms with Gasteiger partial charge in [-0.05, 0) is 31.2 Å². The molecule has 3 rings (SSSR count). The van der Waals surface area contributed by atoms with E-state index >= 15 is 0 Å². The largest absolute Gasteiger partial charge is 0.379 e. The molecule has 1 aliphatic heterocycles. The number of aromatic nitrogens is 2. The van der Waals surface area contributed by atoms with Crippen LogP contribution in [0.4, 0.5) is 0 Å². The second-order valence-corrected chi connectivity index (χ2v) is 5.14. The van der Waals surface area contributed by atoms with E-state index in [4.69, 9.17) is 9.57 Å². The molecule has 0 radical (unpaired) electrons. The SMILES string of the molecule is O=C(Cc1n[nH]c2c1CCCC2)NOC1CCOC1. The molecule has 1 unspecified atom stereocenters. The summed E-state index contributed by atoms with van der Waals surface area (Å²) in [6, 6.07) is 0. The van der Waals surface area contributed by atoms with Crippen LogP contribution in [-0.2, 0) is 33.6 Å². The van der Waals surface area contributed by atoms with Crippen LogP contribution in [-0.4, -0.2) is 35.4 Å². The zero-order chi connectivity index (χ0) is 13.1. The highest BCUT2D eigenvalue weighted by atomic mass is 16.7. The number of nitrogens with one attached hydrogen (secondary N) is 2. The highest BCUT2D eigenvalue weighted by molar-refractivity contribution is 5.77. The van der Waals surface area contributed by atoms with Crippen molar-refractivity contribution in [2.45, 2.75) is 44.6 Å².